The topological polar surface area (TPSA) is 33.1 Å². The third-order valence-electron chi connectivity index (χ3n) is 2.96. The molecule has 4 nitrogen and oxygen atoms in total. The van der Waals surface area contributed by atoms with Gasteiger partial charge in [0.1, 0.15) is 0 Å². The molecule has 0 bridgehead atoms. The van der Waals surface area contributed by atoms with Gasteiger partial charge in [0, 0.05) is 32.4 Å². The SMILES string of the molecule is CCCn1cc(C)nc1N1CCCNCC1. The molecule has 1 aliphatic heterocycles. The molecule has 0 atom stereocenters. The molecule has 0 aromatic carbocycles. The van der Waals surface area contributed by atoms with E-state index in [9.17, 15) is 0 Å². The lowest BCUT2D eigenvalue weighted by Crippen LogP contribution is -2.30. The van der Waals surface area contributed by atoms with Gasteiger partial charge in [-0.15, -0.1) is 0 Å². The maximum absolute atomic E-state index is 4.66. The summed E-state index contributed by atoms with van der Waals surface area (Å²) >= 11 is 0. The second-order valence-corrected chi connectivity index (χ2v) is 4.47. The Kier molecular flexibility index (Phi) is 3.83. The van der Waals surface area contributed by atoms with Crippen LogP contribution in [0, 0.1) is 6.92 Å². The van der Waals surface area contributed by atoms with Crippen molar-refractivity contribution in [3.8, 4) is 0 Å². The van der Waals surface area contributed by atoms with Crippen LogP contribution in [0.1, 0.15) is 25.5 Å². The molecule has 0 aliphatic carbocycles. The van der Waals surface area contributed by atoms with Crippen molar-refractivity contribution in [1.82, 2.24) is 14.9 Å². The van der Waals surface area contributed by atoms with Crippen LogP contribution in [0.3, 0.4) is 0 Å². The van der Waals surface area contributed by atoms with Crippen LogP contribution in [-0.2, 0) is 6.54 Å². The fraction of sp³-hybridized carbons (Fsp3) is 0.750. The van der Waals surface area contributed by atoms with Crippen LogP contribution in [0.25, 0.3) is 0 Å². The molecule has 90 valence electrons. The van der Waals surface area contributed by atoms with Crippen LogP contribution in [0.15, 0.2) is 6.20 Å². The number of hydrogen-bond donors (Lipinski definition) is 1. The number of imidazole rings is 1. The van der Waals surface area contributed by atoms with E-state index in [0.717, 1.165) is 50.8 Å². The van der Waals surface area contributed by atoms with Gasteiger partial charge in [0.2, 0.25) is 5.95 Å². The van der Waals surface area contributed by atoms with Gasteiger partial charge in [-0.1, -0.05) is 6.92 Å². The summed E-state index contributed by atoms with van der Waals surface area (Å²) in [6, 6.07) is 0. The van der Waals surface area contributed by atoms with E-state index in [1.165, 1.54) is 6.42 Å². The Morgan fingerprint density at radius 1 is 1.38 bits per heavy atom. The molecule has 4 heteroatoms. The molecular weight excluding hydrogens is 200 g/mol. The molecule has 0 unspecified atom stereocenters. The van der Waals surface area contributed by atoms with Crippen molar-refractivity contribution >= 4 is 5.95 Å². The van der Waals surface area contributed by atoms with Crippen molar-refractivity contribution in [1.29, 1.82) is 0 Å². The lowest BCUT2D eigenvalue weighted by atomic mass is 10.4. The number of nitrogens with zero attached hydrogens (tertiary/aromatic N) is 3. The first-order valence-corrected chi connectivity index (χ1v) is 6.30. The van der Waals surface area contributed by atoms with Gasteiger partial charge in [-0.2, -0.15) is 0 Å². The Labute approximate surface area is 97.7 Å². The zero-order valence-corrected chi connectivity index (χ0v) is 10.4. The average Bonchev–Trinajstić information content (AvgIpc) is 2.52. The number of rotatable bonds is 3. The van der Waals surface area contributed by atoms with Gasteiger partial charge in [0.25, 0.3) is 0 Å². The fourth-order valence-electron chi connectivity index (χ4n) is 2.24. The molecule has 1 saturated heterocycles. The standard InChI is InChI=1S/C12H22N4/c1-3-7-16-10-11(2)14-12(16)15-8-4-5-13-6-9-15/h10,13H,3-9H2,1-2H3. The number of aryl methyl sites for hydroxylation is 2. The van der Waals surface area contributed by atoms with E-state index in [1.807, 2.05) is 0 Å². The zero-order valence-electron chi connectivity index (χ0n) is 10.4. The maximum atomic E-state index is 4.66. The van der Waals surface area contributed by atoms with Crippen molar-refractivity contribution in [2.24, 2.45) is 0 Å². The Balaban J connectivity index is 2.16. The molecule has 1 N–H and O–H groups in total. The first-order valence-electron chi connectivity index (χ1n) is 6.30. The first-order chi connectivity index (χ1) is 7.81. The molecule has 0 spiro atoms. The zero-order chi connectivity index (χ0) is 11.4. The molecule has 2 heterocycles. The largest absolute Gasteiger partial charge is 0.341 e. The minimum Gasteiger partial charge on any atom is -0.341 e. The molecule has 0 saturated carbocycles. The second kappa shape index (κ2) is 5.34. The molecule has 1 aromatic rings. The third-order valence-corrected chi connectivity index (χ3v) is 2.96. The Hall–Kier alpha value is -1.03. The van der Waals surface area contributed by atoms with E-state index in [2.05, 4.69) is 39.8 Å². The van der Waals surface area contributed by atoms with Crippen LogP contribution in [0.4, 0.5) is 5.95 Å². The quantitative estimate of drug-likeness (QED) is 0.839. The van der Waals surface area contributed by atoms with Crippen LogP contribution < -0.4 is 10.2 Å². The second-order valence-electron chi connectivity index (χ2n) is 4.47. The van der Waals surface area contributed by atoms with Crippen molar-refractivity contribution < 1.29 is 0 Å². The molecule has 2 rings (SSSR count). The summed E-state index contributed by atoms with van der Waals surface area (Å²) in [6.45, 7) is 9.74. The predicted molar refractivity (Wildman–Crippen MR) is 67.0 cm³/mol. The summed E-state index contributed by atoms with van der Waals surface area (Å²) in [7, 11) is 0. The first kappa shape index (κ1) is 11.5. The van der Waals surface area contributed by atoms with Crippen molar-refractivity contribution in [2.75, 3.05) is 31.1 Å². The summed E-state index contributed by atoms with van der Waals surface area (Å²) in [4.78, 5) is 7.06. The minimum absolute atomic E-state index is 1.07. The monoisotopic (exact) mass is 222 g/mol. The highest BCUT2D eigenvalue weighted by Gasteiger charge is 2.15. The van der Waals surface area contributed by atoms with E-state index in [0.29, 0.717) is 0 Å². The van der Waals surface area contributed by atoms with Gasteiger partial charge in [-0.3, -0.25) is 0 Å². The highest BCUT2D eigenvalue weighted by atomic mass is 15.3. The van der Waals surface area contributed by atoms with Crippen LogP contribution in [0.2, 0.25) is 0 Å². The van der Waals surface area contributed by atoms with Crippen molar-refractivity contribution in [2.45, 2.75) is 33.2 Å². The number of aromatic nitrogens is 2. The van der Waals surface area contributed by atoms with Gasteiger partial charge in [0.05, 0.1) is 5.69 Å². The van der Waals surface area contributed by atoms with E-state index in [1.54, 1.807) is 0 Å². The molecule has 0 amide bonds. The summed E-state index contributed by atoms with van der Waals surface area (Å²) in [5.74, 6) is 1.16. The van der Waals surface area contributed by atoms with Gasteiger partial charge in [-0.25, -0.2) is 4.98 Å². The Morgan fingerprint density at radius 2 is 2.25 bits per heavy atom. The Morgan fingerprint density at radius 3 is 3.06 bits per heavy atom. The third kappa shape index (κ3) is 2.55. The summed E-state index contributed by atoms with van der Waals surface area (Å²) in [6.07, 6.45) is 4.53. The van der Waals surface area contributed by atoms with Crippen molar-refractivity contribution in [3.05, 3.63) is 11.9 Å². The summed E-state index contributed by atoms with van der Waals surface area (Å²) < 4.78 is 2.29. The number of hydrogen-bond acceptors (Lipinski definition) is 3. The van der Waals surface area contributed by atoms with Crippen molar-refractivity contribution in [3.63, 3.8) is 0 Å². The van der Waals surface area contributed by atoms with Gasteiger partial charge in [0.15, 0.2) is 0 Å². The van der Waals surface area contributed by atoms with Gasteiger partial charge < -0.3 is 14.8 Å². The molecule has 16 heavy (non-hydrogen) atoms. The summed E-state index contributed by atoms with van der Waals surface area (Å²) in [5, 5.41) is 3.43. The van der Waals surface area contributed by atoms with Crippen LogP contribution in [-0.4, -0.2) is 35.7 Å². The Bertz CT molecular complexity index is 324. The molecule has 1 aliphatic rings. The normalized spacial score (nSPS) is 17.5. The minimum atomic E-state index is 1.07. The van der Waals surface area contributed by atoms with E-state index < -0.39 is 0 Å². The summed E-state index contributed by atoms with van der Waals surface area (Å²) in [5.41, 5.74) is 1.13. The molecule has 1 aromatic heterocycles. The number of anilines is 1. The highest BCUT2D eigenvalue weighted by Crippen LogP contribution is 2.15. The number of nitrogens with one attached hydrogen (secondary N) is 1. The van der Waals surface area contributed by atoms with E-state index in [-0.39, 0.29) is 0 Å². The molecular formula is C12H22N4. The molecule has 1 fully saturated rings. The highest BCUT2D eigenvalue weighted by molar-refractivity contribution is 5.33. The average molecular weight is 222 g/mol. The maximum Gasteiger partial charge on any atom is 0.205 e. The predicted octanol–water partition coefficient (Wildman–Crippen LogP) is 1.40. The lowest BCUT2D eigenvalue weighted by Gasteiger charge is -2.22. The van der Waals surface area contributed by atoms with E-state index in [4.69, 9.17) is 0 Å². The van der Waals surface area contributed by atoms with Gasteiger partial charge in [-0.05, 0) is 26.3 Å². The van der Waals surface area contributed by atoms with Crippen LogP contribution >= 0.6 is 0 Å². The lowest BCUT2D eigenvalue weighted by molar-refractivity contribution is 0.650. The smallest absolute Gasteiger partial charge is 0.205 e. The molecule has 0 radical (unpaired) electrons. The van der Waals surface area contributed by atoms with Crippen LogP contribution in [0.5, 0.6) is 0 Å². The van der Waals surface area contributed by atoms with Gasteiger partial charge >= 0.3 is 0 Å². The fourth-order valence-corrected chi connectivity index (χ4v) is 2.24. The van der Waals surface area contributed by atoms with E-state index >= 15 is 0 Å².